The van der Waals surface area contributed by atoms with Crippen LogP contribution in [-0.2, 0) is 4.74 Å². The molecule has 2 aromatic carbocycles. The molecule has 0 heterocycles. The van der Waals surface area contributed by atoms with Gasteiger partial charge in [0.05, 0.1) is 6.61 Å². The van der Waals surface area contributed by atoms with E-state index in [0.29, 0.717) is 25.4 Å². The second-order valence-electron chi connectivity index (χ2n) is 5.44. The number of carbonyl (C=O) groups is 1. The molecule has 0 aliphatic carbocycles. The minimum absolute atomic E-state index is 0.240. The van der Waals surface area contributed by atoms with Gasteiger partial charge in [0.2, 0.25) is 0 Å². The van der Waals surface area contributed by atoms with Crippen molar-refractivity contribution in [2.24, 2.45) is 0 Å². The minimum Gasteiger partial charge on any atom is -0.491 e. The van der Waals surface area contributed by atoms with Crippen LogP contribution < -0.4 is 15.4 Å². The number of halogens is 1. The van der Waals surface area contributed by atoms with Gasteiger partial charge in [-0.05, 0) is 90.6 Å². The van der Waals surface area contributed by atoms with E-state index in [-0.39, 0.29) is 11.0 Å². The lowest BCUT2D eigenvalue weighted by Gasteiger charge is -2.11. The maximum Gasteiger partial charge on any atom is 0.257 e. The molecule has 26 heavy (non-hydrogen) atoms. The maximum atomic E-state index is 12.3. The fraction of sp³-hybridized carbons (Fsp3) is 0.263. The Morgan fingerprint density at radius 3 is 2.54 bits per heavy atom. The summed E-state index contributed by atoms with van der Waals surface area (Å²) in [5, 5.41) is 5.92. The van der Waals surface area contributed by atoms with Crippen LogP contribution in [0.1, 0.15) is 22.8 Å². The molecule has 2 rings (SSSR count). The number of anilines is 1. The summed E-state index contributed by atoms with van der Waals surface area (Å²) in [6.45, 7) is 5.69. The molecule has 2 N–H and O–H groups in total. The van der Waals surface area contributed by atoms with Crippen molar-refractivity contribution in [1.82, 2.24) is 5.32 Å². The lowest BCUT2D eigenvalue weighted by molar-refractivity contribution is 0.0977. The molecule has 7 heteroatoms. The normalized spacial score (nSPS) is 10.3. The number of carbonyl (C=O) groups excluding carboxylic acids is 1. The van der Waals surface area contributed by atoms with Crippen molar-refractivity contribution < 1.29 is 14.3 Å². The van der Waals surface area contributed by atoms with E-state index in [4.69, 9.17) is 21.7 Å². The van der Waals surface area contributed by atoms with Gasteiger partial charge in [-0.3, -0.25) is 10.1 Å². The summed E-state index contributed by atoms with van der Waals surface area (Å²) >= 11 is 7.41. The number of thiocarbonyl (C=S) groups is 1. The molecular formula is C19H21IN2O3S. The first-order valence-electron chi connectivity index (χ1n) is 8.18. The lowest BCUT2D eigenvalue weighted by Crippen LogP contribution is -2.34. The molecule has 0 aromatic heterocycles. The predicted octanol–water partition coefficient (Wildman–Crippen LogP) is 4.14. The van der Waals surface area contributed by atoms with E-state index in [0.717, 1.165) is 20.6 Å². The fourth-order valence-corrected chi connectivity index (χ4v) is 2.79. The van der Waals surface area contributed by atoms with E-state index < -0.39 is 0 Å². The van der Waals surface area contributed by atoms with Crippen molar-refractivity contribution in [2.45, 2.75) is 13.8 Å². The average molecular weight is 484 g/mol. The predicted molar refractivity (Wildman–Crippen MR) is 116 cm³/mol. The van der Waals surface area contributed by atoms with Crippen LogP contribution in [0, 0.1) is 10.5 Å². The number of rotatable bonds is 7. The van der Waals surface area contributed by atoms with Crippen molar-refractivity contribution in [3.05, 3.63) is 57.2 Å². The third kappa shape index (κ3) is 6.54. The van der Waals surface area contributed by atoms with Crippen LogP contribution in [0.25, 0.3) is 0 Å². The molecule has 0 unspecified atom stereocenters. The maximum absolute atomic E-state index is 12.3. The zero-order chi connectivity index (χ0) is 18.9. The van der Waals surface area contributed by atoms with E-state index in [1.165, 1.54) is 0 Å². The quantitative estimate of drug-likeness (QED) is 0.352. The molecule has 1 amide bonds. The SMILES string of the molecule is CCOCCOc1ccc(NC(=S)NC(=O)c2ccc(C)c(I)c2)cc1. The fourth-order valence-electron chi connectivity index (χ4n) is 2.07. The second kappa shape index (κ2) is 10.4. The smallest absolute Gasteiger partial charge is 0.257 e. The Morgan fingerprint density at radius 2 is 1.88 bits per heavy atom. The molecule has 0 spiro atoms. The minimum atomic E-state index is -0.240. The highest BCUT2D eigenvalue weighted by atomic mass is 127. The largest absolute Gasteiger partial charge is 0.491 e. The van der Waals surface area contributed by atoms with Crippen LogP contribution in [-0.4, -0.2) is 30.8 Å². The lowest BCUT2D eigenvalue weighted by atomic mass is 10.1. The van der Waals surface area contributed by atoms with Gasteiger partial charge in [0.25, 0.3) is 5.91 Å². The van der Waals surface area contributed by atoms with Gasteiger partial charge in [-0.15, -0.1) is 0 Å². The van der Waals surface area contributed by atoms with Gasteiger partial charge in [-0.2, -0.15) is 0 Å². The van der Waals surface area contributed by atoms with E-state index in [9.17, 15) is 4.79 Å². The van der Waals surface area contributed by atoms with E-state index in [1.807, 2.05) is 50.2 Å². The Labute approximate surface area is 172 Å². The number of hydrogen-bond donors (Lipinski definition) is 2. The Bertz CT molecular complexity index is 766. The molecule has 5 nitrogen and oxygen atoms in total. The van der Waals surface area contributed by atoms with E-state index >= 15 is 0 Å². The van der Waals surface area contributed by atoms with Crippen LogP contribution in [0.5, 0.6) is 5.75 Å². The van der Waals surface area contributed by atoms with E-state index in [1.54, 1.807) is 6.07 Å². The third-order valence-electron chi connectivity index (χ3n) is 3.47. The Hall–Kier alpha value is -1.71. The Balaban J connectivity index is 1.85. The van der Waals surface area contributed by atoms with Gasteiger partial charge in [0.1, 0.15) is 12.4 Å². The molecule has 0 saturated heterocycles. The first kappa shape index (κ1) is 20.6. The molecule has 0 aliphatic rings. The first-order valence-corrected chi connectivity index (χ1v) is 9.67. The van der Waals surface area contributed by atoms with Crippen LogP contribution in [0.4, 0.5) is 5.69 Å². The van der Waals surface area contributed by atoms with Crippen molar-refractivity contribution in [3.8, 4) is 5.75 Å². The van der Waals surface area contributed by atoms with Crippen LogP contribution >= 0.6 is 34.8 Å². The van der Waals surface area contributed by atoms with Gasteiger partial charge >= 0.3 is 0 Å². The van der Waals surface area contributed by atoms with Gasteiger partial charge in [0.15, 0.2) is 5.11 Å². The summed E-state index contributed by atoms with van der Waals surface area (Å²) in [5.41, 5.74) is 2.47. The monoisotopic (exact) mass is 484 g/mol. The number of benzene rings is 2. The summed E-state index contributed by atoms with van der Waals surface area (Å²) in [5.74, 6) is 0.510. The van der Waals surface area contributed by atoms with Gasteiger partial charge < -0.3 is 14.8 Å². The Kier molecular flexibility index (Phi) is 8.27. The number of aryl methyl sites for hydroxylation is 1. The first-order chi connectivity index (χ1) is 12.5. The summed E-state index contributed by atoms with van der Waals surface area (Å²) in [6, 6.07) is 12.9. The number of ether oxygens (including phenoxy) is 2. The zero-order valence-corrected chi connectivity index (χ0v) is 17.6. The van der Waals surface area contributed by atoms with Crippen molar-refractivity contribution in [1.29, 1.82) is 0 Å². The highest BCUT2D eigenvalue weighted by Crippen LogP contribution is 2.16. The van der Waals surface area contributed by atoms with Gasteiger partial charge in [-0.1, -0.05) is 6.07 Å². The molecule has 0 atom stereocenters. The standard InChI is InChI=1S/C19H21IN2O3S/c1-3-24-10-11-25-16-8-6-15(7-9-16)21-19(26)22-18(23)14-5-4-13(2)17(20)12-14/h4-9,12H,3,10-11H2,1-2H3,(H2,21,22,23,26). The topological polar surface area (TPSA) is 59.6 Å². The molecule has 0 radical (unpaired) electrons. The Morgan fingerprint density at radius 1 is 1.15 bits per heavy atom. The number of amides is 1. The molecular weight excluding hydrogens is 463 g/mol. The molecule has 0 bridgehead atoms. The van der Waals surface area contributed by atoms with Gasteiger partial charge in [0, 0.05) is 21.4 Å². The second-order valence-corrected chi connectivity index (χ2v) is 7.01. The van der Waals surface area contributed by atoms with Crippen molar-refractivity contribution in [3.63, 3.8) is 0 Å². The van der Waals surface area contributed by atoms with Crippen LogP contribution in [0.2, 0.25) is 0 Å². The summed E-state index contributed by atoms with van der Waals surface area (Å²) in [7, 11) is 0. The molecule has 0 fully saturated rings. The number of hydrogen-bond acceptors (Lipinski definition) is 4. The average Bonchev–Trinajstić information content (AvgIpc) is 2.62. The summed E-state index contributed by atoms with van der Waals surface area (Å²) in [4.78, 5) is 12.3. The molecule has 0 saturated carbocycles. The van der Waals surface area contributed by atoms with E-state index in [2.05, 4.69) is 33.2 Å². The third-order valence-corrected chi connectivity index (χ3v) is 4.84. The van der Waals surface area contributed by atoms with Crippen LogP contribution in [0.15, 0.2) is 42.5 Å². The number of nitrogens with one attached hydrogen (secondary N) is 2. The molecule has 0 aliphatic heterocycles. The zero-order valence-electron chi connectivity index (χ0n) is 14.7. The van der Waals surface area contributed by atoms with Gasteiger partial charge in [-0.25, -0.2) is 0 Å². The van der Waals surface area contributed by atoms with Crippen molar-refractivity contribution in [2.75, 3.05) is 25.1 Å². The summed E-state index contributed by atoms with van der Waals surface area (Å²) < 4.78 is 11.8. The van der Waals surface area contributed by atoms with Crippen LogP contribution in [0.3, 0.4) is 0 Å². The molecule has 2 aromatic rings. The highest BCUT2D eigenvalue weighted by molar-refractivity contribution is 14.1. The molecule has 138 valence electrons. The van der Waals surface area contributed by atoms with Crippen molar-refractivity contribution >= 4 is 51.5 Å². The summed E-state index contributed by atoms with van der Waals surface area (Å²) in [6.07, 6.45) is 0. The highest BCUT2D eigenvalue weighted by Gasteiger charge is 2.09.